The highest BCUT2D eigenvalue weighted by molar-refractivity contribution is 6.36. The average molecular weight is 419 g/mol. The van der Waals surface area contributed by atoms with Crippen LogP contribution in [0, 0.1) is 17.1 Å². The van der Waals surface area contributed by atoms with Crippen LogP contribution in [0.25, 0.3) is 33.3 Å². The quantitative estimate of drug-likeness (QED) is 0.393. The number of nitrogens with zero attached hydrogens (tertiary/aromatic N) is 2. The van der Waals surface area contributed by atoms with Gasteiger partial charge >= 0.3 is 0 Å². The lowest BCUT2D eigenvalue weighted by Gasteiger charge is -2.13. The molecule has 4 rings (SSSR count). The monoisotopic (exact) mass is 418 g/mol. The third-order valence-electron chi connectivity index (χ3n) is 4.84. The van der Waals surface area contributed by atoms with Crippen LogP contribution in [-0.2, 0) is 0 Å². The van der Waals surface area contributed by atoms with E-state index in [1.165, 1.54) is 13.2 Å². The Morgan fingerprint density at radius 1 is 0.933 bits per heavy atom. The number of aromatic nitrogens is 1. The molecule has 0 aliphatic carbocycles. The van der Waals surface area contributed by atoms with Gasteiger partial charge in [-0.3, -0.25) is 0 Å². The van der Waals surface area contributed by atoms with E-state index in [-0.39, 0.29) is 5.75 Å². The molecule has 148 valence electrons. The number of rotatable bonds is 4. The van der Waals surface area contributed by atoms with Crippen molar-refractivity contribution in [3.63, 3.8) is 0 Å². The summed E-state index contributed by atoms with van der Waals surface area (Å²) in [7, 11) is 3.00. The Labute approximate surface area is 178 Å². The number of hydrogen-bond donors (Lipinski definition) is 0. The van der Waals surface area contributed by atoms with Gasteiger partial charge in [0.05, 0.1) is 42.1 Å². The summed E-state index contributed by atoms with van der Waals surface area (Å²) in [6.45, 7) is 0. The minimum absolute atomic E-state index is 0.161. The van der Waals surface area contributed by atoms with Gasteiger partial charge in [-0.2, -0.15) is 5.26 Å². The van der Waals surface area contributed by atoms with Crippen LogP contribution in [0.4, 0.5) is 4.39 Å². The van der Waals surface area contributed by atoms with Crippen molar-refractivity contribution in [1.82, 2.24) is 4.98 Å². The van der Waals surface area contributed by atoms with Crippen LogP contribution in [0.2, 0.25) is 5.02 Å². The number of methoxy groups -OCH3 is 2. The molecule has 0 saturated heterocycles. The maximum atomic E-state index is 14.2. The van der Waals surface area contributed by atoms with Gasteiger partial charge in [0.15, 0.2) is 11.6 Å². The van der Waals surface area contributed by atoms with Crippen molar-refractivity contribution >= 4 is 22.5 Å². The maximum absolute atomic E-state index is 14.2. The SMILES string of the molecule is COc1cc(-c2ccc(C#N)cc2)c2nc(-c3ccc(OC)c(F)c3)cc(Cl)c2c1. The van der Waals surface area contributed by atoms with Gasteiger partial charge in [0, 0.05) is 16.5 Å². The fourth-order valence-corrected chi connectivity index (χ4v) is 3.54. The molecule has 0 saturated carbocycles. The highest BCUT2D eigenvalue weighted by Crippen LogP contribution is 2.38. The minimum atomic E-state index is -0.477. The lowest BCUT2D eigenvalue weighted by Crippen LogP contribution is -1.94. The van der Waals surface area contributed by atoms with Crippen molar-refractivity contribution in [2.45, 2.75) is 0 Å². The molecule has 0 spiro atoms. The van der Waals surface area contributed by atoms with Crippen molar-refractivity contribution < 1.29 is 13.9 Å². The van der Waals surface area contributed by atoms with E-state index in [1.807, 2.05) is 24.3 Å². The molecular formula is C24H16ClFN2O2. The molecular weight excluding hydrogens is 403 g/mol. The fourth-order valence-electron chi connectivity index (χ4n) is 3.30. The molecule has 0 aliphatic rings. The minimum Gasteiger partial charge on any atom is -0.497 e. The summed E-state index contributed by atoms with van der Waals surface area (Å²) in [6, 6.07) is 19.3. The summed E-state index contributed by atoms with van der Waals surface area (Å²) in [6.07, 6.45) is 0. The van der Waals surface area contributed by atoms with Crippen LogP contribution in [0.3, 0.4) is 0 Å². The second-order valence-electron chi connectivity index (χ2n) is 6.60. The number of fused-ring (bicyclic) bond motifs is 1. The summed E-state index contributed by atoms with van der Waals surface area (Å²) in [5, 5.41) is 10.3. The molecule has 1 heterocycles. The van der Waals surface area contributed by atoms with E-state index >= 15 is 0 Å². The Kier molecular flexibility index (Phi) is 5.26. The predicted octanol–water partition coefficient (Wildman–Crippen LogP) is 6.25. The Morgan fingerprint density at radius 2 is 1.67 bits per heavy atom. The first-order chi connectivity index (χ1) is 14.5. The average Bonchev–Trinajstić information content (AvgIpc) is 2.78. The number of benzene rings is 3. The van der Waals surface area contributed by atoms with Gasteiger partial charge in [-0.05, 0) is 54.1 Å². The first-order valence-electron chi connectivity index (χ1n) is 9.06. The lowest BCUT2D eigenvalue weighted by atomic mass is 9.99. The second kappa shape index (κ2) is 8.02. The van der Waals surface area contributed by atoms with Crippen LogP contribution in [0.5, 0.6) is 11.5 Å². The highest BCUT2D eigenvalue weighted by atomic mass is 35.5. The van der Waals surface area contributed by atoms with Crippen LogP contribution in [0.15, 0.2) is 60.7 Å². The number of ether oxygens (including phenoxy) is 2. The summed E-state index contributed by atoms with van der Waals surface area (Å²) in [5.41, 5.74) is 3.99. The van der Waals surface area contributed by atoms with Gasteiger partial charge in [0.25, 0.3) is 0 Å². The normalized spacial score (nSPS) is 10.6. The zero-order valence-corrected chi connectivity index (χ0v) is 17.0. The molecule has 0 radical (unpaired) electrons. The molecule has 0 fully saturated rings. The molecule has 6 heteroatoms. The maximum Gasteiger partial charge on any atom is 0.165 e. The first-order valence-corrected chi connectivity index (χ1v) is 9.44. The molecule has 0 N–H and O–H groups in total. The third kappa shape index (κ3) is 3.54. The number of halogens is 2. The van der Waals surface area contributed by atoms with Gasteiger partial charge in [-0.15, -0.1) is 0 Å². The Balaban J connectivity index is 1.96. The van der Waals surface area contributed by atoms with Crippen molar-refractivity contribution in [2.75, 3.05) is 14.2 Å². The summed E-state index contributed by atoms with van der Waals surface area (Å²) >= 11 is 6.59. The molecule has 30 heavy (non-hydrogen) atoms. The van der Waals surface area contributed by atoms with Gasteiger partial charge in [-0.1, -0.05) is 23.7 Å². The topological polar surface area (TPSA) is 55.1 Å². The van der Waals surface area contributed by atoms with E-state index in [0.29, 0.717) is 38.5 Å². The molecule has 1 aromatic heterocycles. The molecule has 4 aromatic rings. The van der Waals surface area contributed by atoms with Crippen LogP contribution in [0.1, 0.15) is 5.56 Å². The number of pyridine rings is 1. The second-order valence-corrected chi connectivity index (χ2v) is 7.01. The number of hydrogen-bond acceptors (Lipinski definition) is 4. The molecule has 3 aromatic carbocycles. The van der Waals surface area contributed by atoms with E-state index in [1.54, 1.807) is 37.4 Å². The van der Waals surface area contributed by atoms with Crippen LogP contribution < -0.4 is 9.47 Å². The molecule has 0 bridgehead atoms. The summed E-state index contributed by atoms with van der Waals surface area (Å²) in [5.74, 6) is 0.317. The van der Waals surface area contributed by atoms with Crippen molar-refractivity contribution in [3.05, 3.63) is 77.1 Å². The fraction of sp³-hybridized carbons (Fsp3) is 0.0833. The highest BCUT2D eigenvalue weighted by Gasteiger charge is 2.15. The Hall–Kier alpha value is -3.62. The largest absolute Gasteiger partial charge is 0.497 e. The van der Waals surface area contributed by atoms with Crippen LogP contribution in [-0.4, -0.2) is 19.2 Å². The number of nitriles is 1. The zero-order valence-electron chi connectivity index (χ0n) is 16.2. The van der Waals surface area contributed by atoms with Crippen molar-refractivity contribution in [2.24, 2.45) is 0 Å². The Bertz CT molecular complexity index is 1300. The third-order valence-corrected chi connectivity index (χ3v) is 5.16. The molecule has 0 atom stereocenters. The smallest absolute Gasteiger partial charge is 0.165 e. The summed E-state index contributed by atoms with van der Waals surface area (Å²) in [4.78, 5) is 4.78. The van der Waals surface area contributed by atoms with Gasteiger partial charge in [-0.25, -0.2) is 9.37 Å². The zero-order chi connectivity index (χ0) is 21.3. The van der Waals surface area contributed by atoms with E-state index in [2.05, 4.69) is 6.07 Å². The summed E-state index contributed by atoms with van der Waals surface area (Å²) < 4.78 is 24.7. The van der Waals surface area contributed by atoms with Gasteiger partial charge in [0.1, 0.15) is 5.75 Å². The molecule has 0 aliphatic heterocycles. The molecule has 0 amide bonds. The van der Waals surface area contributed by atoms with Crippen LogP contribution >= 0.6 is 11.6 Å². The van der Waals surface area contributed by atoms with E-state index in [0.717, 1.165) is 11.1 Å². The van der Waals surface area contributed by atoms with Gasteiger partial charge < -0.3 is 9.47 Å². The predicted molar refractivity (Wildman–Crippen MR) is 115 cm³/mol. The first kappa shape index (κ1) is 19.7. The molecule has 4 nitrogen and oxygen atoms in total. The Morgan fingerprint density at radius 3 is 2.30 bits per heavy atom. The van der Waals surface area contributed by atoms with E-state index in [4.69, 9.17) is 31.3 Å². The van der Waals surface area contributed by atoms with Gasteiger partial charge in [0.2, 0.25) is 0 Å². The van der Waals surface area contributed by atoms with E-state index in [9.17, 15) is 4.39 Å². The lowest BCUT2D eigenvalue weighted by molar-refractivity contribution is 0.386. The standard InChI is InChI=1S/C24H16ClFN2O2/c1-29-17-10-18(15-5-3-14(13-27)4-6-15)24-19(11-17)20(25)12-22(28-24)16-7-8-23(30-2)21(26)9-16/h3-12H,1-2H3. The van der Waals surface area contributed by atoms with Crippen molar-refractivity contribution in [3.8, 4) is 40.0 Å². The van der Waals surface area contributed by atoms with Crippen molar-refractivity contribution in [1.29, 1.82) is 5.26 Å². The molecule has 0 unspecified atom stereocenters. The van der Waals surface area contributed by atoms with E-state index < -0.39 is 5.82 Å².